The van der Waals surface area contributed by atoms with Gasteiger partial charge in [-0.05, 0) is 26.7 Å². The molecule has 3 N–H and O–H groups in total. The number of carbonyl (C=O) groups is 1. The van der Waals surface area contributed by atoms with Crippen LogP contribution in [-0.2, 0) is 9.53 Å². The molecular weight excluding hydrogens is 232 g/mol. The molecule has 5 nitrogen and oxygen atoms in total. The summed E-state index contributed by atoms with van der Waals surface area (Å²) in [6.07, 6.45) is 2.09. The van der Waals surface area contributed by atoms with Crippen LogP contribution in [0.2, 0.25) is 0 Å². The van der Waals surface area contributed by atoms with Gasteiger partial charge in [0.05, 0.1) is 6.61 Å². The zero-order chi connectivity index (χ0) is 13.9. The lowest BCUT2D eigenvalue weighted by Gasteiger charge is -2.25. The van der Waals surface area contributed by atoms with Gasteiger partial charge in [-0.2, -0.15) is 0 Å². The molecule has 0 fully saturated rings. The molecule has 0 radical (unpaired) electrons. The topological polar surface area (TPSA) is 70.6 Å². The van der Waals surface area contributed by atoms with Crippen LogP contribution in [0.1, 0.15) is 40.0 Å². The number of nitrogens with one attached hydrogen (secondary N) is 2. The Kier molecular flexibility index (Phi) is 9.92. The van der Waals surface area contributed by atoms with Crippen LogP contribution < -0.4 is 10.6 Å². The molecule has 1 amide bonds. The van der Waals surface area contributed by atoms with Gasteiger partial charge in [0.15, 0.2) is 0 Å². The van der Waals surface area contributed by atoms with Gasteiger partial charge in [-0.1, -0.05) is 6.92 Å². The highest BCUT2D eigenvalue weighted by Crippen LogP contribution is 2.05. The third-order valence-electron chi connectivity index (χ3n) is 2.61. The van der Waals surface area contributed by atoms with Gasteiger partial charge in [0.25, 0.3) is 0 Å². The highest BCUT2D eigenvalue weighted by atomic mass is 16.5. The molecule has 0 aliphatic rings. The first-order valence-electron chi connectivity index (χ1n) is 6.72. The van der Waals surface area contributed by atoms with Gasteiger partial charge >= 0.3 is 0 Å². The Labute approximate surface area is 110 Å². The van der Waals surface area contributed by atoms with Crippen LogP contribution in [0.5, 0.6) is 0 Å². The van der Waals surface area contributed by atoms with Crippen molar-refractivity contribution in [2.75, 3.05) is 32.9 Å². The average Bonchev–Trinajstić information content (AvgIpc) is 2.30. The van der Waals surface area contributed by atoms with Gasteiger partial charge < -0.3 is 20.5 Å². The monoisotopic (exact) mass is 260 g/mol. The number of amides is 1. The lowest BCUT2D eigenvalue weighted by Crippen LogP contribution is -2.44. The SMILES string of the molecule is CCCOCCC(=O)NCCNC(C)(C)CCO. The maximum absolute atomic E-state index is 11.4. The standard InChI is InChI=1S/C13H28N2O3/c1-4-10-18-11-5-12(17)14-7-8-15-13(2,3)6-9-16/h15-16H,4-11H2,1-3H3,(H,14,17). The van der Waals surface area contributed by atoms with Crippen LogP contribution >= 0.6 is 0 Å². The van der Waals surface area contributed by atoms with Gasteiger partial charge in [0.1, 0.15) is 0 Å². The van der Waals surface area contributed by atoms with Crippen molar-refractivity contribution in [2.24, 2.45) is 0 Å². The summed E-state index contributed by atoms with van der Waals surface area (Å²) in [7, 11) is 0. The van der Waals surface area contributed by atoms with Crippen LogP contribution in [0, 0.1) is 0 Å². The summed E-state index contributed by atoms with van der Waals surface area (Å²) >= 11 is 0. The molecule has 0 rings (SSSR count). The van der Waals surface area contributed by atoms with Crippen molar-refractivity contribution in [2.45, 2.75) is 45.6 Å². The second-order valence-corrected chi connectivity index (χ2v) is 5.00. The lowest BCUT2D eigenvalue weighted by atomic mass is 10.0. The van der Waals surface area contributed by atoms with Crippen LogP contribution in [0.4, 0.5) is 0 Å². The van der Waals surface area contributed by atoms with E-state index in [1.54, 1.807) is 0 Å². The van der Waals surface area contributed by atoms with Crippen molar-refractivity contribution in [1.82, 2.24) is 10.6 Å². The highest BCUT2D eigenvalue weighted by Gasteiger charge is 2.15. The second-order valence-electron chi connectivity index (χ2n) is 5.00. The van der Waals surface area contributed by atoms with E-state index in [2.05, 4.69) is 10.6 Å². The Hall–Kier alpha value is -0.650. The van der Waals surface area contributed by atoms with Crippen LogP contribution in [0.25, 0.3) is 0 Å². The molecule has 0 aliphatic heterocycles. The van der Waals surface area contributed by atoms with E-state index in [0.29, 0.717) is 39.1 Å². The van der Waals surface area contributed by atoms with E-state index in [1.807, 2.05) is 20.8 Å². The maximum Gasteiger partial charge on any atom is 0.222 e. The first-order chi connectivity index (χ1) is 8.52. The molecule has 0 unspecified atom stereocenters. The Morgan fingerprint density at radius 2 is 2.00 bits per heavy atom. The van der Waals surface area contributed by atoms with Gasteiger partial charge in [0, 0.05) is 38.3 Å². The highest BCUT2D eigenvalue weighted by molar-refractivity contribution is 5.75. The van der Waals surface area contributed by atoms with E-state index in [-0.39, 0.29) is 18.1 Å². The van der Waals surface area contributed by atoms with E-state index < -0.39 is 0 Å². The fourth-order valence-corrected chi connectivity index (χ4v) is 1.47. The van der Waals surface area contributed by atoms with Crippen molar-refractivity contribution in [3.8, 4) is 0 Å². The maximum atomic E-state index is 11.4. The van der Waals surface area contributed by atoms with E-state index >= 15 is 0 Å². The second kappa shape index (κ2) is 10.3. The number of aliphatic hydroxyl groups excluding tert-OH is 1. The first-order valence-corrected chi connectivity index (χ1v) is 6.72. The number of aliphatic hydroxyl groups is 1. The van der Waals surface area contributed by atoms with Crippen molar-refractivity contribution < 1.29 is 14.6 Å². The summed E-state index contributed by atoms with van der Waals surface area (Å²) in [5.74, 6) is 0.0212. The molecule has 0 saturated heterocycles. The van der Waals surface area contributed by atoms with Crippen LogP contribution in [0.15, 0.2) is 0 Å². The average molecular weight is 260 g/mol. The number of carbonyl (C=O) groups excluding carboxylic acids is 1. The summed E-state index contributed by atoms with van der Waals surface area (Å²) < 4.78 is 5.24. The largest absolute Gasteiger partial charge is 0.396 e. The molecule has 0 aromatic carbocycles. The lowest BCUT2D eigenvalue weighted by molar-refractivity contribution is -0.122. The van der Waals surface area contributed by atoms with E-state index in [9.17, 15) is 4.79 Å². The minimum absolute atomic E-state index is 0.0212. The zero-order valence-corrected chi connectivity index (χ0v) is 11.9. The molecule has 0 aromatic rings. The Morgan fingerprint density at radius 3 is 2.61 bits per heavy atom. The molecule has 0 heterocycles. The van der Waals surface area contributed by atoms with E-state index in [0.717, 1.165) is 6.42 Å². The summed E-state index contributed by atoms with van der Waals surface area (Å²) in [6.45, 7) is 8.78. The van der Waals surface area contributed by atoms with Gasteiger partial charge in [-0.3, -0.25) is 4.79 Å². The Morgan fingerprint density at radius 1 is 1.28 bits per heavy atom. The summed E-state index contributed by atoms with van der Waals surface area (Å²) in [6, 6.07) is 0. The normalized spacial score (nSPS) is 11.6. The number of hydrogen-bond donors (Lipinski definition) is 3. The molecule has 0 bridgehead atoms. The number of rotatable bonds is 11. The third kappa shape index (κ3) is 10.5. The first kappa shape index (κ1) is 17.4. The van der Waals surface area contributed by atoms with E-state index in [1.165, 1.54) is 0 Å². The van der Waals surface area contributed by atoms with Gasteiger partial charge in [-0.15, -0.1) is 0 Å². The smallest absolute Gasteiger partial charge is 0.222 e. The molecular formula is C13H28N2O3. The van der Waals surface area contributed by atoms with Crippen molar-refractivity contribution in [3.05, 3.63) is 0 Å². The predicted molar refractivity (Wildman–Crippen MR) is 72.5 cm³/mol. The van der Waals surface area contributed by atoms with Gasteiger partial charge in [-0.25, -0.2) is 0 Å². The molecule has 108 valence electrons. The van der Waals surface area contributed by atoms with Crippen LogP contribution in [-0.4, -0.2) is 49.5 Å². The molecule has 0 atom stereocenters. The predicted octanol–water partition coefficient (Wildman–Crippen LogP) is 0.670. The fourth-order valence-electron chi connectivity index (χ4n) is 1.47. The number of hydrogen-bond acceptors (Lipinski definition) is 4. The quantitative estimate of drug-likeness (QED) is 0.478. The number of ether oxygens (including phenoxy) is 1. The minimum atomic E-state index is -0.0935. The third-order valence-corrected chi connectivity index (χ3v) is 2.61. The van der Waals surface area contributed by atoms with Crippen molar-refractivity contribution in [3.63, 3.8) is 0 Å². The summed E-state index contributed by atoms with van der Waals surface area (Å²) in [5.41, 5.74) is -0.0935. The minimum Gasteiger partial charge on any atom is -0.396 e. The molecule has 18 heavy (non-hydrogen) atoms. The Bertz CT molecular complexity index is 220. The molecule has 0 spiro atoms. The molecule has 0 saturated carbocycles. The van der Waals surface area contributed by atoms with Crippen LogP contribution in [0.3, 0.4) is 0 Å². The van der Waals surface area contributed by atoms with Crippen molar-refractivity contribution in [1.29, 1.82) is 0 Å². The zero-order valence-electron chi connectivity index (χ0n) is 11.9. The molecule has 0 aromatic heterocycles. The van der Waals surface area contributed by atoms with Crippen molar-refractivity contribution >= 4 is 5.91 Å². The summed E-state index contributed by atoms with van der Waals surface area (Å²) in [5, 5.41) is 15.0. The van der Waals surface area contributed by atoms with Gasteiger partial charge in [0.2, 0.25) is 5.91 Å². The summed E-state index contributed by atoms with van der Waals surface area (Å²) in [4.78, 5) is 11.4. The van der Waals surface area contributed by atoms with E-state index in [4.69, 9.17) is 9.84 Å². The Balaban J connectivity index is 3.45. The fraction of sp³-hybridized carbons (Fsp3) is 0.923. The molecule has 0 aliphatic carbocycles. The molecule has 5 heteroatoms.